The number of halogens is 1. The molecule has 9 nitrogen and oxygen atoms in total. The smallest absolute Gasteiger partial charge is 0.258 e. The van der Waals surface area contributed by atoms with Crippen LogP contribution in [-0.4, -0.2) is 38.2 Å². The van der Waals surface area contributed by atoms with Crippen molar-refractivity contribution in [1.29, 1.82) is 0 Å². The molecule has 0 spiro atoms. The van der Waals surface area contributed by atoms with E-state index in [1.165, 1.54) is 0 Å². The van der Waals surface area contributed by atoms with Gasteiger partial charge in [-0.05, 0) is 15.9 Å². The molecular formula is C7H8BrN3O6S2. The van der Waals surface area contributed by atoms with Crippen LogP contribution in [0.25, 0.3) is 0 Å². The van der Waals surface area contributed by atoms with Crippen LogP contribution >= 0.6 is 15.9 Å². The van der Waals surface area contributed by atoms with Crippen molar-refractivity contribution in [2.75, 3.05) is 11.5 Å². The fraction of sp³-hybridized carbons (Fsp3) is 0.286. The van der Waals surface area contributed by atoms with Gasteiger partial charge in [0.25, 0.3) is 5.69 Å². The number of primary sulfonamides is 1. The molecule has 0 aliphatic heterocycles. The van der Waals surface area contributed by atoms with E-state index in [4.69, 9.17) is 5.14 Å². The highest BCUT2D eigenvalue weighted by molar-refractivity contribution is 9.10. The van der Waals surface area contributed by atoms with E-state index in [1.54, 1.807) is 0 Å². The number of nitro groups is 1. The lowest BCUT2D eigenvalue weighted by atomic mass is 10.4. The highest BCUT2D eigenvalue weighted by atomic mass is 79.9. The van der Waals surface area contributed by atoms with Gasteiger partial charge in [-0.25, -0.2) is 27.0 Å². The molecule has 1 heterocycles. The third-order valence-corrected chi connectivity index (χ3v) is 5.49. The zero-order valence-corrected chi connectivity index (χ0v) is 12.4. The van der Waals surface area contributed by atoms with Gasteiger partial charge in [-0.2, -0.15) is 0 Å². The number of nitrogens with zero attached hydrogens (tertiary/aromatic N) is 2. The number of sulfonamides is 1. The van der Waals surface area contributed by atoms with Crippen LogP contribution in [0.15, 0.2) is 21.8 Å². The van der Waals surface area contributed by atoms with Crippen molar-refractivity contribution in [2.24, 2.45) is 5.14 Å². The summed E-state index contributed by atoms with van der Waals surface area (Å²) in [5.41, 5.74) is -0.391. The fourth-order valence-electron chi connectivity index (χ4n) is 1.07. The standard InChI is InChI=1S/C7H8BrN3O6S2/c8-6-3-5(11(12)13)4-10-7(6)18(14,15)1-2-19(9,16)17/h3-4H,1-2H2,(H2,9,16,17). The van der Waals surface area contributed by atoms with Crippen LogP contribution < -0.4 is 5.14 Å². The number of hydrogen-bond donors (Lipinski definition) is 1. The maximum Gasteiger partial charge on any atom is 0.288 e. The summed E-state index contributed by atoms with van der Waals surface area (Å²) in [7, 11) is -7.94. The molecule has 0 saturated heterocycles. The van der Waals surface area contributed by atoms with E-state index in [1.807, 2.05) is 0 Å². The van der Waals surface area contributed by atoms with Gasteiger partial charge in [0.15, 0.2) is 14.9 Å². The largest absolute Gasteiger partial charge is 0.288 e. The van der Waals surface area contributed by atoms with Crippen LogP contribution in [-0.2, 0) is 19.9 Å². The Morgan fingerprint density at radius 1 is 1.32 bits per heavy atom. The van der Waals surface area contributed by atoms with Crippen LogP contribution in [0.4, 0.5) is 5.69 Å². The summed E-state index contributed by atoms with van der Waals surface area (Å²) >= 11 is 2.84. The summed E-state index contributed by atoms with van der Waals surface area (Å²) < 4.78 is 44.9. The predicted molar refractivity (Wildman–Crippen MR) is 68.6 cm³/mol. The molecule has 1 aromatic rings. The molecule has 0 fully saturated rings. The number of hydrogen-bond acceptors (Lipinski definition) is 7. The Kier molecular flexibility index (Phi) is 4.60. The highest BCUT2D eigenvalue weighted by Crippen LogP contribution is 2.24. The first-order valence-electron chi connectivity index (χ1n) is 4.56. The molecule has 0 radical (unpaired) electrons. The minimum Gasteiger partial charge on any atom is -0.258 e. The van der Waals surface area contributed by atoms with E-state index in [0.717, 1.165) is 12.3 Å². The van der Waals surface area contributed by atoms with Crippen LogP contribution in [0.2, 0.25) is 0 Å². The second-order valence-electron chi connectivity index (χ2n) is 3.42. The second kappa shape index (κ2) is 5.48. The van der Waals surface area contributed by atoms with Gasteiger partial charge in [0, 0.05) is 6.07 Å². The van der Waals surface area contributed by atoms with Gasteiger partial charge in [0.05, 0.1) is 20.9 Å². The molecule has 0 bridgehead atoms. The number of pyridine rings is 1. The highest BCUT2D eigenvalue weighted by Gasteiger charge is 2.23. The molecule has 0 atom stereocenters. The van der Waals surface area contributed by atoms with Gasteiger partial charge < -0.3 is 0 Å². The normalized spacial score (nSPS) is 12.3. The van der Waals surface area contributed by atoms with Crippen molar-refractivity contribution in [3.05, 3.63) is 26.9 Å². The number of sulfone groups is 1. The van der Waals surface area contributed by atoms with E-state index in [2.05, 4.69) is 20.9 Å². The van der Waals surface area contributed by atoms with Gasteiger partial charge in [0.1, 0.15) is 6.20 Å². The lowest BCUT2D eigenvalue weighted by Gasteiger charge is -2.04. The molecule has 0 amide bonds. The molecule has 12 heteroatoms. The van der Waals surface area contributed by atoms with E-state index in [9.17, 15) is 26.9 Å². The Balaban J connectivity index is 3.12. The maximum absolute atomic E-state index is 11.8. The van der Waals surface area contributed by atoms with Crippen molar-refractivity contribution in [1.82, 2.24) is 4.98 Å². The molecule has 0 aromatic carbocycles. The Hall–Kier alpha value is -1.11. The average molecular weight is 374 g/mol. The summed E-state index contributed by atoms with van der Waals surface area (Å²) in [6.45, 7) is 0. The predicted octanol–water partition coefficient (Wildman–Crippen LogP) is -0.185. The topological polar surface area (TPSA) is 150 Å². The van der Waals surface area contributed by atoms with Gasteiger partial charge in [-0.1, -0.05) is 0 Å². The van der Waals surface area contributed by atoms with Gasteiger partial charge >= 0.3 is 0 Å². The zero-order chi connectivity index (χ0) is 14.8. The minimum absolute atomic E-state index is 0.115. The van der Waals surface area contributed by atoms with Crippen LogP contribution in [0, 0.1) is 10.1 Å². The first kappa shape index (κ1) is 15.9. The van der Waals surface area contributed by atoms with Crippen LogP contribution in [0.3, 0.4) is 0 Å². The van der Waals surface area contributed by atoms with Crippen LogP contribution in [0.5, 0.6) is 0 Å². The van der Waals surface area contributed by atoms with Crippen molar-refractivity contribution >= 4 is 41.5 Å². The maximum atomic E-state index is 11.8. The molecule has 0 unspecified atom stereocenters. The molecule has 2 N–H and O–H groups in total. The summed E-state index contributed by atoms with van der Waals surface area (Å²) in [4.78, 5) is 13.2. The molecule has 1 aromatic heterocycles. The number of aromatic nitrogens is 1. The van der Waals surface area contributed by atoms with Crippen molar-refractivity contribution in [2.45, 2.75) is 5.03 Å². The summed E-state index contributed by atoms with van der Waals surface area (Å²) in [5.74, 6) is -1.52. The lowest BCUT2D eigenvalue weighted by molar-refractivity contribution is -0.385. The van der Waals surface area contributed by atoms with Gasteiger partial charge in [0.2, 0.25) is 10.0 Å². The van der Waals surface area contributed by atoms with Crippen molar-refractivity contribution in [3.63, 3.8) is 0 Å². The van der Waals surface area contributed by atoms with Crippen LogP contribution in [0.1, 0.15) is 0 Å². The monoisotopic (exact) mass is 373 g/mol. The first-order valence-corrected chi connectivity index (χ1v) is 8.72. The molecule has 1 rings (SSSR count). The van der Waals surface area contributed by atoms with E-state index in [0.29, 0.717) is 0 Å². The summed E-state index contributed by atoms with van der Waals surface area (Å²) in [5, 5.41) is 14.7. The fourth-order valence-corrected chi connectivity index (χ4v) is 4.71. The quantitative estimate of drug-likeness (QED) is 0.554. The molecule has 0 aliphatic rings. The third kappa shape index (κ3) is 4.49. The van der Waals surface area contributed by atoms with E-state index < -0.39 is 47.0 Å². The number of rotatable bonds is 5. The number of nitrogens with two attached hydrogens (primary N) is 1. The van der Waals surface area contributed by atoms with Crippen molar-refractivity contribution < 1.29 is 21.8 Å². The molecular weight excluding hydrogens is 366 g/mol. The van der Waals surface area contributed by atoms with Gasteiger partial charge in [-0.15, -0.1) is 0 Å². The van der Waals surface area contributed by atoms with E-state index >= 15 is 0 Å². The Labute approximate surface area is 117 Å². The molecule has 0 aliphatic carbocycles. The minimum atomic E-state index is -4.01. The lowest BCUT2D eigenvalue weighted by Crippen LogP contribution is -2.23. The molecule has 0 saturated carbocycles. The first-order chi connectivity index (χ1) is 8.53. The second-order valence-corrected chi connectivity index (χ2v) is 8.04. The SMILES string of the molecule is NS(=O)(=O)CCS(=O)(=O)c1ncc([N+](=O)[O-])cc1Br. The average Bonchev–Trinajstić information content (AvgIpc) is 2.25. The van der Waals surface area contributed by atoms with E-state index in [-0.39, 0.29) is 4.47 Å². The Morgan fingerprint density at radius 3 is 2.32 bits per heavy atom. The Morgan fingerprint density at radius 2 is 1.89 bits per heavy atom. The third-order valence-electron chi connectivity index (χ3n) is 1.93. The molecule has 106 valence electrons. The summed E-state index contributed by atoms with van der Waals surface area (Å²) in [6.07, 6.45) is 0.772. The van der Waals surface area contributed by atoms with Gasteiger partial charge in [-0.3, -0.25) is 10.1 Å². The Bertz CT molecular complexity index is 714. The zero-order valence-electron chi connectivity index (χ0n) is 9.18. The van der Waals surface area contributed by atoms with Crippen molar-refractivity contribution in [3.8, 4) is 0 Å². The summed E-state index contributed by atoms with van der Waals surface area (Å²) in [6, 6.07) is 0.969. The molecule has 19 heavy (non-hydrogen) atoms.